The summed E-state index contributed by atoms with van der Waals surface area (Å²) in [4.78, 5) is 16.4. The van der Waals surface area contributed by atoms with Crippen LogP contribution in [0.5, 0.6) is 0 Å². The van der Waals surface area contributed by atoms with Gasteiger partial charge in [-0.2, -0.15) is 5.10 Å². The molecule has 0 aliphatic carbocycles. The minimum Gasteiger partial charge on any atom is -0.258 e. The second kappa shape index (κ2) is 9.64. The van der Waals surface area contributed by atoms with Gasteiger partial charge in [0, 0.05) is 22.2 Å². The Morgan fingerprint density at radius 2 is 1.76 bits per heavy atom. The zero-order valence-electron chi connectivity index (χ0n) is 18.3. The van der Waals surface area contributed by atoms with E-state index >= 15 is 0 Å². The van der Waals surface area contributed by atoms with Crippen LogP contribution in [0.2, 0.25) is 0 Å². The lowest BCUT2D eigenvalue weighted by Gasteiger charge is -2.07. The van der Waals surface area contributed by atoms with Crippen molar-refractivity contribution in [3.63, 3.8) is 0 Å². The Balaban J connectivity index is 1.74. The van der Waals surface area contributed by atoms with Crippen LogP contribution in [0.3, 0.4) is 0 Å². The molecule has 6 nitrogen and oxygen atoms in total. The fourth-order valence-corrected chi connectivity index (χ4v) is 4.64. The molecule has 4 rings (SSSR count). The number of nitrogens with zero attached hydrogens (tertiary/aromatic N) is 3. The highest BCUT2D eigenvalue weighted by Gasteiger charge is 2.18. The first-order valence-corrected chi connectivity index (χ1v) is 11.8. The summed E-state index contributed by atoms with van der Waals surface area (Å²) in [6.45, 7) is 6.05. The topological polar surface area (TPSA) is 80.4 Å². The number of nitro groups is 1. The van der Waals surface area contributed by atoms with Crippen LogP contribution in [0.15, 0.2) is 76.3 Å². The first kappa shape index (κ1) is 22.8. The van der Waals surface area contributed by atoms with Crippen molar-refractivity contribution in [2.24, 2.45) is 5.10 Å². The second-order valence-corrected chi connectivity index (χ2v) is 9.55. The number of aryl methyl sites for hydroxylation is 2. The molecule has 166 valence electrons. The molecule has 0 spiro atoms. The number of nitrogens with one attached hydrogen (secondary N) is 1. The summed E-state index contributed by atoms with van der Waals surface area (Å²) in [5.74, 6) is 0. The number of hydrogen-bond donors (Lipinski definition) is 1. The van der Waals surface area contributed by atoms with Gasteiger partial charge in [0.25, 0.3) is 5.69 Å². The molecule has 0 radical (unpaired) electrons. The molecule has 0 aliphatic rings. The average Bonchev–Trinajstić information content (AvgIpc) is 3.22. The highest BCUT2D eigenvalue weighted by atomic mass is 79.9. The monoisotopic (exact) mass is 520 g/mol. The molecule has 1 N–H and O–H groups in total. The molecule has 0 aliphatic heterocycles. The van der Waals surface area contributed by atoms with E-state index in [1.54, 1.807) is 12.1 Å². The standard InChI is InChI=1S/C25H21BrN4O2S/c1-15-4-13-22(16(2)14-15)23-24(19-7-11-21(12-8-19)30(31)32)33-25(27-23)29-28-17(3)18-5-9-20(26)10-6-18/h4-14H,1-3H3,(H,27,29)/b28-17-. The maximum absolute atomic E-state index is 11.1. The van der Waals surface area contributed by atoms with Gasteiger partial charge in [0.1, 0.15) is 0 Å². The normalized spacial score (nSPS) is 11.5. The first-order chi connectivity index (χ1) is 15.8. The van der Waals surface area contributed by atoms with Crippen LogP contribution in [0.4, 0.5) is 10.8 Å². The van der Waals surface area contributed by atoms with Crippen LogP contribution < -0.4 is 5.43 Å². The second-order valence-electron chi connectivity index (χ2n) is 7.64. The molecule has 0 amide bonds. The van der Waals surface area contributed by atoms with E-state index in [2.05, 4.69) is 58.5 Å². The van der Waals surface area contributed by atoms with Crippen molar-refractivity contribution < 1.29 is 4.92 Å². The third-order valence-electron chi connectivity index (χ3n) is 5.19. The molecule has 0 fully saturated rings. The Hall–Kier alpha value is -3.36. The molecular weight excluding hydrogens is 500 g/mol. The number of nitro benzene ring substituents is 1. The Bertz CT molecular complexity index is 1350. The summed E-state index contributed by atoms with van der Waals surface area (Å²) in [7, 11) is 0. The van der Waals surface area contributed by atoms with E-state index in [4.69, 9.17) is 4.98 Å². The molecule has 1 heterocycles. The summed E-state index contributed by atoms with van der Waals surface area (Å²) >= 11 is 4.91. The summed E-state index contributed by atoms with van der Waals surface area (Å²) in [6.07, 6.45) is 0. The van der Waals surface area contributed by atoms with Crippen LogP contribution in [-0.2, 0) is 0 Å². The number of anilines is 1. The van der Waals surface area contributed by atoms with Gasteiger partial charge in [0.2, 0.25) is 5.13 Å². The van der Waals surface area contributed by atoms with Crippen molar-refractivity contribution in [1.29, 1.82) is 0 Å². The van der Waals surface area contributed by atoms with E-state index in [9.17, 15) is 10.1 Å². The van der Waals surface area contributed by atoms with Gasteiger partial charge in [0.15, 0.2) is 0 Å². The van der Waals surface area contributed by atoms with Gasteiger partial charge in [-0.15, -0.1) is 0 Å². The summed E-state index contributed by atoms with van der Waals surface area (Å²) in [6, 6.07) is 20.7. The van der Waals surface area contributed by atoms with Gasteiger partial charge < -0.3 is 0 Å². The van der Waals surface area contributed by atoms with Crippen molar-refractivity contribution >= 4 is 43.8 Å². The predicted octanol–water partition coefficient (Wildman–Crippen LogP) is 7.60. The molecule has 4 aromatic rings. The van der Waals surface area contributed by atoms with Gasteiger partial charge >= 0.3 is 0 Å². The number of benzene rings is 3. The Morgan fingerprint density at radius 1 is 1.06 bits per heavy atom. The lowest BCUT2D eigenvalue weighted by molar-refractivity contribution is -0.384. The third-order valence-corrected chi connectivity index (χ3v) is 6.72. The van der Waals surface area contributed by atoms with Crippen LogP contribution in [0.1, 0.15) is 23.6 Å². The van der Waals surface area contributed by atoms with Gasteiger partial charge in [-0.25, -0.2) is 4.98 Å². The highest BCUT2D eigenvalue weighted by molar-refractivity contribution is 9.10. The minimum absolute atomic E-state index is 0.0596. The highest BCUT2D eigenvalue weighted by Crippen LogP contribution is 2.40. The number of aromatic nitrogens is 1. The maximum Gasteiger partial charge on any atom is 0.269 e. The molecule has 33 heavy (non-hydrogen) atoms. The van der Waals surface area contributed by atoms with Gasteiger partial charge in [-0.05, 0) is 61.7 Å². The maximum atomic E-state index is 11.1. The Kier molecular flexibility index (Phi) is 6.67. The lowest BCUT2D eigenvalue weighted by Crippen LogP contribution is -1.99. The van der Waals surface area contributed by atoms with Crippen LogP contribution >= 0.6 is 27.3 Å². The van der Waals surface area contributed by atoms with Crippen LogP contribution in [-0.4, -0.2) is 15.6 Å². The first-order valence-electron chi connectivity index (χ1n) is 10.2. The number of hydrogen-bond acceptors (Lipinski definition) is 6. The smallest absolute Gasteiger partial charge is 0.258 e. The van der Waals surface area contributed by atoms with Gasteiger partial charge in [-0.1, -0.05) is 63.2 Å². The molecule has 0 unspecified atom stereocenters. The fraction of sp³-hybridized carbons (Fsp3) is 0.120. The molecule has 0 saturated carbocycles. The van der Waals surface area contributed by atoms with E-state index in [0.717, 1.165) is 43.0 Å². The number of thiazole rings is 1. The van der Waals surface area contributed by atoms with Crippen molar-refractivity contribution in [3.05, 3.63) is 98.0 Å². The Labute approximate surface area is 204 Å². The quantitative estimate of drug-likeness (QED) is 0.161. The predicted molar refractivity (Wildman–Crippen MR) is 139 cm³/mol. The van der Waals surface area contributed by atoms with Gasteiger partial charge in [-0.3, -0.25) is 15.5 Å². The molecule has 3 aromatic carbocycles. The average molecular weight is 521 g/mol. The van der Waals surface area contributed by atoms with Crippen molar-refractivity contribution in [3.8, 4) is 21.7 Å². The molecule has 0 bridgehead atoms. The van der Waals surface area contributed by atoms with E-state index in [-0.39, 0.29) is 5.69 Å². The van der Waals surface area contributed by atoms with E-state index in [1.807, 2.05) is 31.2 Å². The van der Waals surface area contributed by atoms with Crippen molar-refractivity contribution in [1.82, 2.24) is 4.98 Å². The van der Waals surface area contributed by atoms with E-state index in [1.165, 1.54) is 29.0 Å². The number of hydrazone groups is 1. The minimum atomic E-state index is -0.395. The van der Waals surface area contributed by atoms with Gasteiger partial charge in [0.05, 0.1) is 21.2 Å². The molecule has 0 atom stereocenters. The fourth-order valence-electron chi connectivity index (χ4n) is 3.45. The van der Waals surface area contributed by atoms with E-state index < -0.39 is 4.92 Å². The van der Waals surface area contributed by atoms with Crippen LogP contribution in [0, 0.1) is 24.0 Å². The molecule has 0 saturated heterocycles. The third kappa shape index (κ3) is 5.18. The molecule has 1 aromatic heterocycles. The van der Waals surface area contributed by atoms with Crippen molar-refractivity contribution in [2.75, 3.05) is 5.43 Å². The van der Waals surface area contributed by atoms with Crippen LogP contribution in [0.25, 0.3) is 21.7 Å². The summed E-state index contributed by atoms with van der Waals surface area (Å²) in [5.41, 5.74) is 10.0. The lowest BCUT2D eigenvalue weighted by atomic mass is 10.0. The molecule has 8 heteroatoms. The number of non-ortho nitro benzene ring substituents is 1. The zero-order valence-corrected chi connectivity index (χ0v) is 20.7. The summed E-state index contributed by atoms with van der Waals surface area (Å²) in [5, 5.41) is 16.2. The SMILES string of the molecule is C/C(=N/Nc1nc(-c2ccc(C)cc2C)c(-c2ccc([N+](=O)[O-])cc2)s1)c1ccc(Br)cc1. The van der Waals surface area contributed by atoms with E-state index in [0.29, 0.717) is 5.13 Å². The number of rotatable bonds is 6. The van der Waals surface area contributed by atoms with Crippen molar-refractivity contribution in [2.45, 2.75) is 20.8 Å². The zero-order chi connectivity index (χ0) is 23.5. The number of halogens is 1. The summed E-state index contributed by atoms with van der Waals surface area (Å²) < 4.78 is 1.01. The molecular formula is C25H21BrN4O2S. The Morgan fingerprint density at radius 3 is 2.39 bits per heavy atom. The largest absolute Gasteiger partial charge is 0.269 e.